The number of hydrogen-bond acceptors (Lipinski definition) is 6. The maximum atomic E-state index is 12.3. The molecule has 7 heteroatoms. The standard InChI is InChI=1S/C21H25N3O2S2/c1-12(2)19-23-20(27-11-17(25)22-10-14-5-4-8-26-14)18-15-7-6-13(3)9-16(15)28-21(18)24-19/h4-5,8,12-13H,6-7,9-11H2,1-3H3,(H,22,25)/t13-/m1/s1. The Morgan fingerprint density at radius 2 is 2.29 bits per heavy atom. The first-order valence-corrected chi connectivity index (χ1v) is 11.6. The van der Waals surface area contributed by atoms with E-state index < -0.39 is 0 Å². The minimum Gasteiger partial charge on any atom is -0.467 e. The zero-order valence-electron chi connectivity index (χ0n) is 16.4. The van der Waals surface area contributed by atoms with Crippen molar-refractivity contribution in [2.75, 3.05) is 5.75 Å². The van der Waals surface area contributed by atoms with Gasteiger partial charge in [-0.25, -0.2) is 9.97 Å². The highest BCUT2D eigenvalue weighted by Gasteiger charge is 2.24. The van der Waals surface area contributed by atoms with Gasteiger partial charge in [-0.05, 0) is 42.9 Å². The number of nitrogens with one attached hydrogen (secondary N) is 1. The van der Waals surface area contributed by atoms with Crippen LogP contribution in [0.1, 0.15) is 55.1 Å². The van der Waals surface area contributed by atoms with Crippen LogP contribution < -0.4 is 5.32 Å². The molecular weight excluding hydrogens is 390 g/mol. The second-order valence-electron chi connectivity index (χ2n) is 7.72. The lowest BCUT2D eigenvalue weighted by Gasteiger charge is -2.18. The number of rotatable bonds is 6. The van der Waals surface area contributed by atoms with Crippen molar-refractivity contribution < 1.29 is 9.21 Å². The fraction of sp³-hybridized carbons (Fsp3) is 0.476. The van der Waals surface area contributed by atoms with Crippen LogP contribution in [0, 0.1) is 5.92 Å². The average Bonchev–Trinajstić information content (AvgIpc) is 3.30. The maximum Gasteiger partial charge on any atom is 0.230 e. The minimum atomic E-state index is -0.0167. The fourth-order valence-electron chi connectivity index (χ4n) is 3.47. The summed E-state index contributed by atoms with van der Waals surface area (Å²) in [6.45, 7) is 6.95. The molecule has 3 aromatic rings. The predicted octanol–water partition coefficient (Wildman–Crippen LogP) is 4.94. The second-order valence-corrected chi connectivity index (χ2v) is 9.77. The second kappa shape index (κ2) is 8.25. The van der Waals surface area contributed by atoms with Gasteiger partial charge >= 0.3 is 0 Å². The van der Waals surface area contributed by atoms with Crippen LogP contribution in [0.4, 0.5) is 0 Å². The van der Waals surface area contributed by atoms with Crippen LogP contribution in [0.2, 0.25) is 0 Å². The highest BCUT2D eigenvalue weighted by Crippen LogP contribution is 2.41. The Morgan fingerprint density at radius 3 is 3.04 bits per heavy atom. The maximum absolute atomic E-state index is 12.3. The number of furan rings is 1. The third kappa shape index (κ3) is 4.10. The first kappa shape index (κ1) is 19.5. The summed E-state index contributed by atoms with van der Waals surface area (Å²) >= 11 is 3.33. The molecule has 0 saturated heterocycles. The van der Waals surface area contributed by atoms with Gasteiger partial charge in [-0.15, -0.1) is 11.3 Å². The largest absolute Gasteiger partial charge is 0.467 e. The van der Waals surface area contributed by atoms with Crippen molar-refractivity contribution in [3.8, 4) is 0 Å². The molecule has 28 heavy (non-hydrogen) atoms. The Kier molecular flexibility index (Phi) is 5.73. The number of aryl methyl sites for hydroxylation is 1. The lowest BCUT2D eigenvalue weighted by atomic mass is 9.89. The van der Waals surface area contributed by atoms with Gasteiger partial charge in [0.25, 0.3) is 0 Å². The molecule has 0 saturated carbocycles. The summed E-state index contributed by atoms with van der Waals surface area (Å²) in [6, 6.07) is 3.68. The van der Waals surface area contributed by atoms with Crippen molar-refractivity contribution in [3.63, 3.8) is 0 Å². The highest BCUT2D eigenvalue weighted by molar-refractivity contribution is 8.00. The summed E-state index contributed by atoms with van der Waals surface area (Å²) < 4.78 is 5.27. The molecule has 1 atom stereocenters. The number of carbonyl (C=O) groups excluding carboxylic acids is 1. The molecule has 0 radical (unpaired) electrons. The van der Waals surface area contributed by atoms with E-state index in [-0.39, 0.29) is 11.8 Å². The van der Waals surface area contributed by atoms with Crippen molar-refractivity contribution in [1.29, 1.82) is 0 Å². The Balaban J connectivity index is 1.57. The van der Waals surface area contributed by atoms with Crippen LogP contribution in [0.3, 0.4) is 0 Å². The van der Waals surface area contributed by atoms with Gasteiger partial charge in [0.2, 0.25) is 5.91 Å². The lowest BCUT2D eigenvalue weighted by Crippen LogP contribution is -2.24. The molecule has 148 valence electrons. The topological polar surface area (TPSA) is 68.0 Å². The molecular formula is C21H25N3O2S2. The van der Waals surface area contributed by atoms with Crippen molar-refractivity contribution in [1.82, 2.24) is 15.3 Å². The number of carbonyl (C=O) groups is 1. The fourth-order valence-corrected chi connectivity index (χ4v) is 5.82. The van der Waals surface area contributed by atoms with Crippen molar-refractivity contribution >= 4 is 39.2 Å². The van der Waals surface area contributed by atoms with Gasteiger partial charge in [-0.1, -0.05) is 32.5 Å². The number of nitrogens with zero attached hydrogens (tertiary/aromatic N) is 2. The van der Waals surface area contributed by atoms with Gasteiger partial charge in [0.15, 0.2) is 0 Å². The van der Waals surface area contributed by atoms with Crippen LogP contribution >= 0.6 is 23.1 Å². The minimum absolute atomic E-state index is 0.0167. The molecule has 0 bridgehead atoms. The number of thioether (sulfide) groups is 1. The number of amides is 1. The number of aromatic nitrogens is 2. The molecule has 4 rings (SSSR count). The molecule has 1 amide bonds. The van der Waals surface area contributed by atoms with Crippen LogP contribution in [-0.2, 0) is 24.2 Å². The van der Waals surface area contributed by atoms with E-state index in [1.54, 1.807) is 6.26 Å². The molecule has 0 aromatic carbocycles. The zero-order chi connectivity index (χ0) is 19.7. The first-order chi connectivity index (χ1) is 13.5. The highest BCUT2D eigenvalue weighted by atomic mass is 32.2. The summed E-state index contributed by atoms with van der Waals surface area (Å²) in [6.07, 6.45) is 5.03. The summed E-state index contributed by atoms with van der Waals surface area (Å²) in [7, 11) is 0. The Hall–Kier alpha value is -1.86. The molecule has 1 aliphatic rings. The van der Waals surface area contributed by atoms with Gasteiger partial charge in [-0.2, -0.15) is 0 Å². The van der Waals surface area contributed by atoms with Gasteiger partial charge in [0, 0.05) is 16.2 Å². The van der Waals surface area contributed by atoms with E-state index in [1.807, 2.05) is 23.5 Å². The van der Waals surface area contributed by atoms with E-state index in [0.29, 0.717) is 12.3 Å². The zero-order valence-corrected chi connectivity index (χ0v) is 18.1. The number of fused-ring (bicyclic) bond motifs is 3. The van der Waals surface area contributed by atoms with E-state index in [4.69, 9.17) is 14.4 Å². The quantitative estimate of drug-likeness (QED) is 0.456. The third-order valence-electron chi connectivity index (χ3n) is 5.04. The molecule has 3 heterocycles. The summed E-state index contributed by atoms with van der Waals surface area (Å²) in [4.78, 5) is 24.5. The Labute approximate surface area is 173 Å². The first-order valence-electron chi connectivity index (χ1n) is 9.75. The monoisotopic (exact) mass is 415 g/mol. The molecule has 0 spiro atoms. The van der Waals surface area contributed by atoms with E-state index >= 15 is 0 Å². The summed E-state index contributed by atoms with van der Waals surface area (Å²) in [5, 5.41) is 5.04. The van der Waals surface area contributed by atoms with Gasteiger partial charge in [-0.3, -0.25) is 4.79 Å². The van der Waals surface area contributed by atoms with Gasteiger partial charge in [0.05, 0.1) is 18.6 Å². The Bertz CT molecular complexity index is 979. The summed E-state index contributed by atoms with van der Waals surface area (Å²) in [5.74, 6) is 2.92. The van der Waals surface area contributed by atoms with E-state index in [2.05, 4.69) is 26.1 Å². The third-order valence-corrected chi connectivity index (χ3v) is 7.16. The average molecular weight is 416 g/mol. The van der Waals surface area contributed by atoms with Crippen LogP contribution in [-0.4, -0.2) is 21.6 Å². The molecule has 1 aliphatic carbocycles. The predicted molar refractivity (Wildman–Crippen MR) is 114 cm³/mol. The van der Waals surface area contributed by atoms with Crippen LogP contribution in [0.25, 0.3) is 10.2 Å². The van der Waals surface area contributed by atoms with Gasteiger partial charge < -0.3 is 9.73 Å². The lowest BCUT2D eigenvalue weighted by molar-refractivity contribution is -0.118. The molecule has 0 aliphatic heterocycles. The molecule has 3 aromatic heterocycles. The molecule has 1 N–H and O–H groups in total. The van der Waals surface area contributed by atoms with E-state index in [0.717, 1.165) is 40.2 Å². The molecule has 0 unspecified atom stereocenters. The molecule has 0 fully saturated rings. The molecule has 5 nitrogen and oxygen atoms in total. The SMILES string of the molecule is CC(C)c1nc(SCC(=O)NCc2ccco2)c2c3c(sc2n1)C[C@H](C)CC3. The summed E-state index contributed by atoms with van der Waals surface area (Å²) in [5.41, 5.74) is 1.41. The Morgan fingerprint density at radius 1 is 1.43 bits per heavy atom. The van der Waals surface area contributed by atoms with E-state index in [9.17, 15) is 4.79 Å². The van der Waals surface area contributed by atoms with Crippen molar-refractivity contribution in [3.05, 3.63) is 40.4 Å². The number of hydrogen-bond donors (Lipinski definition) is 1. The van der Waals surface area contributed by atoms with Crippen LogP contribution in [0.15, 0.2) is 27.8 Å². The van der Waals surface area contributed by atoms with Gasteiger partial charge in [0.1, 0.15) is 21.4 Å². The van der Waals surface area contributed by atoms with Crippen molar-refractivity contribution in [2.24, 2.45) is 5.92 Å². The normalized spacial score (nSPS) is 16.5. The number of thiophene rings is 1. The van der Waals surface area contributed by atoms with E-state index in [1.165, 1.54) is 34.0 Å². The van der Waals surface area contributed by atoms with Crippen molar-refractivity contribution in [2.45, 2.75) is 57.5 Å². The van der Waals surface area contributed by atoms with Crippen LogP contribution in [0.5, 0.6) is 0 Å². The smallest absolute Gasteiger partial charge is 0.230 e.